The molecule has 0 saturated heterocycles. The first-order chi connectivity index (χ1) is 9.56. The number of aromatic nitrogens is 1. The van der Waals surface area contributed by atoms with Gasteiger partial charge in [-0.15, -0.1) is 0 Å². The first-order valence-electron chi connectivity index (χ1n) is 6.57. The van der Waals surface area contributed by atoms with Crippen LogP contribution in [0.3, 0.4) is 0 Å². The molecule has 0 fully saturated rings. The summed E-state index contributed by atoms with van der Waals surface area (Å²) in [6, 6.07) is 9.31. The summed E-state index contributed by atoms with van der Waals surface area (Å²) in [4.78, 5) is 18.2. The highest BCUT2D eigenvalue weighted by molar-refractivity contribution is 5.92. The van der Waals surface area contributed by atoms with Crippen molar-refractivity contribution in [2.45, 2.75) is 26.4 Å². The Bertz CT molecular complexity index is 564. The van der Waals surface area contributed by atoms with Crippen molar-refractivity contribution in [3.63, 3.8) is 0 Å². The molecule has 106 valence electrons. The lowest BCUT2D eigenvalue weighted by atomic mass is 10.3. The molecule has 0 radical (unpaired) electrons. The number of nitrogens with one attached hydrogen (secondary N) is 1. The van der Waals surface area contributed by atoms with Gasteiger partial charge in [-0.25, -0.2) is 4.98 Å². The average molecular weight is 273 g/mol. The molecule has 2 heterocycles. The molecule has 0 aliphatic rings. The Morgan fingerprint density at radius 3 is 2.80 bits per heavy atom. The van der Waals surface area contributed by atoms with E-state index in [2.05, 4.69) is 10.3 Å². The second kappa shape index (κ2) is 6.23. The van der Waals surface area contributed by atoms with Crippen molar-refractivity contribution in [2.75, 3.05) is 12.4 Å². The minimum absolute atomic E-state index is 0.131. The number of nitrogens with zero attached hydrogens (tertiary/aromatic N) is 2. The Kier molecular flexibility index (Phi) is 4.40. The van der Waals surface area contributed by atoms with E-state index in [1.54, 1.807) is 30.3 Å². The van der Waals surface area contributed by atoms with Crippen LogP contribution < -0.4 is 5.32 Å². The van der Waals surface area contributed by atoms with Gasteiger partial charge in [-0.1, -0.05) is 6.07 Å². The number of pyridine rings is 1. The van der Waals surface area contributed by atoms with Crippen LogP contribution in [-0.2, 0) is 6.54 Å². The van der Waals surface area contributed by atoms with Gasteiger partial charge in [-0.3, -0.25) is 4.79 Å². The molecule has 0 unspecified atom stereocenters. The molecule has 0 aromatic carbocycles. The minimum Gasteiger partial charge on any atom is -0.467 e. The molecule has 0 atom stereocenters. The summed E-state index contributed by atoms with van der Waals surface area (Å²) >= 11 is 0. The van der Waals surface area contributed by atoms with Crippen LogP contribution in [0, 0.1) is 0 Å². The zero-order valence-electron chi connectivity index (χ0n) is 12.0. The third-order valence-electron chi connectivity index (χ3n) is 2.72. The predicted octanol–water partition coefficient (Wildman–Crippen LogP) is 2.77. The molecule has 5 nitrogen and oxygen atoms in total. The zero-order chi connectivity index (χ0) is 14.5. The van der Waals surface area contributed by atoms with Crippen LogP contribution >= 0.6 is 0 Å². The second-order valence-corrected chi connectivity index (χ2v) is 4.95. The van der Waals surface area contributed by atoms with Gasteiger partial charge in [0, 0.05) is 13.1 Å². The number of carbonyl (C=O) groups is 1. The maximum Gasteiger partial charge on any atom is 0.272 e. The Labute approximate surface area is 118 Å². The van der Waals surface area contributed by atoms with Crippen molar-refractivity contribution in [3.8, 4) is 0 Å². The number of hydrogen-bond acceptors (Lipinski definition) is 4. The minimum atomic E-state index is -0.131. The molecule has 0 spiro atoms. The standard InChI is InChI=1S/C15H19N3O2/c1-11(2)16-14-8-4-7-13(17-14)15(19)18(3)10-12-6-5-9-20-12/h4-9,11H,10H2,1-3H3,(H,16,17). The smallest absolute Gasteiger partial charge is 0.272 e. The monoisotopic (exact) mass is 273 g/mol. The number of rotatable bonds is 5. The topological polar surface area (TPSA) is 58.4 Å². The first kappa shape index (κ1) is 14.1. The van der Waals surface area contributed by atoms with Gasteiger partial charge in [0.05, 0.1) is 12.8 Å². The summed E-state index contributed by atoms with van der Waals surface area (Å²) in [6.07, 6.45) is 1.60. The summed E-state index contributed by atoms with van der Waals surface area (Å²) < 4.78 is 5.24. The maximum atomic E-state index is 12.3. The highest BCUT2D eigenvalue weighted by atomic mass is 16.3. The predicted molar refractivity (Wildman–Crippen MR) is 77.5 cm³/mol. The van der Waals surface area contributed by atoms with Gasteiger partial charge < -0.3 is 14.6 Å². The SMILES string of the molecule is CC(C)Nc1cccc(C(=O)N(C)Cc2ccco2)n1. The molecule has 0 aliphatic heterocycles. The average Bonchev–Trinajstić information content (AvgIpc) is 2.90. The lowest BCUT2D eigenvalue weighted by Crippen LogP contribution is -2.27. The van der Waals surface area contributed by atoms with Crippen LogP contribution in [0.25, 0.3) is 0 Å². The first-order valence-corrected chi connectivity index (χ1v) is 6.57. The van der Waals surface area contributed by atoms with Gasteiger partial charge >= 0.3 is 0 Å². The Morgan fingerprint density at radius 1 is 1.35 bits per heavy atom. The van der Waals surface area contributed by atoms with Crippen molar-refractivity contribution in [1.82, 2.24) is 9.88 Å². The summed E-state index contributed by atoms with van der Waals surface area (Å²) in [6.45, 7) is 4.48. The van der Waals surface area contributed by atoms with E-state index in [-0.39, 0.29) is 11.9 Å². The molecular weight excluding hydrogens is 254 g/mol. The Hall–Kier alpha value is -2.30. The summed E-state index contributed by atoms with van der Waals surface area (Å²) in [7, 11) is 1.73. The lowest BCUT2D eigenvalue weighted by Gasteiger charge is -2.16. The fraction of sp³-hybridized carbons (Fsp3) is 0.333. The van der Waals surface area contributed by atoms with E-state index in [0.29, 0.717) is 18.1 Å². The van der Waals surface area contributed by atoms with Crippen LogP contribution in [0.4, 0.5) is 5.82 Å². The summed E-state index contributed by atoms with van der Waals surface area (Å²) in [5.41, 5.74) is 0.421. The number of hydrogen-bond donors (Lipinski definition) is 1. The summed E-state index contributed by atoms with van der Waals surface area (Å²) in [5, 5.41) is 3.18. The Balaban J connectivity index is 2.08. The molecule has 2 rings (SSSR count). The van der Waals surface area contributed by atoms with E-state index in [0.717, 1.165) is 5.76 Å². The molecule has 1 N–H and O–H groups in total. The number of amides is 1. The molecule has 0 saturated carbocycles. The van der Waals surface area contributed by atoms with Gasteiger partial charge in [0.1, 0.15) is 17.3 Å². The largest absolute Gasteiger partial charge is 0.467 e. The van der Waals surface area contributed by atoms with Crippen LogP contribution in [0.15, 0.2) is 41.0 Å². The van der Waals surface area contributed by atoms with Gasteiger partial charge in [0.25, 0.3) is 5.91 Å². The van der Waals surface area contributed by atoms with Gasteiger partial charge in [0.2, 0.25) is 0 Å². The molecule has 20 heavy (non-hydrogen) atoms. The molecule has 5 heteroatoms. The van der Waals surface area contributed by atoms with E-state index in [1.165, 1.54) is 0 Å². The van der Waals surface area contributed by atoms with Crippen LogP contribution in [0.2, 0.25) is 0 Å². The molecule has 0 aliphatic carbocycles. The highest BCUT2D eigenvalue weighted by Gasteiger charge is 2.15. The molecule has 2 aromatic heterocycles. The van der Waals surface area contributed by atoms with E-state index in [4.69, 9.17) is 4.42 Å². The maximum absolute atomic E-state index is 12.3. The fourth-order valence-electron chi connectivity index (χ4n) is 1.83. The van der Waals surface area contributed by atoms with Crippen molar-refractivity contribution < 1.29 is 9.21 Å². The molecule has 1 amide bonds. The number of carbonyl (C=O) groups excluding carboxylic acids is 1. The van der Waals surface area contributed by atoms with E-state index in [9.17, 15) is 4.79 Å². The summed E-state index contributed by atoms with van der Waals surface area (Å²) in [5.74, 6) is 1.32. The van der Waals surface area contributed by atoms with E-state index < -0.39 is 0 Å². The van der Waals surface area contributed by atoms with Gasteiger partial charge in [0.15, 0.2) is 0 Å². The van der Waals surface area contributed by atoms with Crippen molar-refractivity contribution in [1.29, 1.82) is 0 Å². The third kappa shape index (κ3) is 3.60. The van der Waals surface area contributed by atoms with Crippen LogP contribution in [0.1, 0.15) is 30.1 Å². The van der Waals surface area contributed by atoms with Crippen molar-refractivity contribution in [3.05, 3.63) is 48.0 Å². The molecule has 0 bridgehead atoms. The zero-order valence-corrected chi connectivity index (χ0v) is 12.0. The number of anilines is 1. The number of furan rings is 1. The lowest BCUT2D eigenvalue weighted by molar-refractivity contribution is 0.0770. The molecular formula is C15H19N3O2. The Morgan fingerprint density at radius 2 is 2.15 bits per heavy atom. The van der Waals surface area contributed by atoms with Crippen LogP contribution in [0.5, 0.6) is 0 Å². The van der Waals surface area contributed by atoms with Crippen LogP contribution in [-0.4, -0.2) is 28.9 Å². The van der Waals surface area contributed by atoms with E-state index in [1.807, 2.05) is 32.0 Å². The second-order valence-electron chi connectivity index (χ2n) is 4.95. The van der Waals surface area contributed by atoms with E-state index >= 15 is 0 Å². The van der Waals surface area contributed by atoms with Gasteiger partial charge in [-0.2, -0.15) is 0 Å². The van der Waals surface area contributed by atoms with Crippen molar-refractivity contribution >= 4 is 11.7 Å². The van der Waals surface area contributed by atoms with Gasteiger partial charge in [-0.05, 0) is 38.1 Å². The normalized spacial score (nSPS) is 10.6. The molecule has 2 aromatic rings. The third-order valence-corrected chi connectivity index (χ3v) is 2.72. The highest BCUT2D eigenvalue weighted by Crippen LogP contribution is 2.10. The fourth-order valence-corrected chi connectivity index (χ4v) is 1.83. The van der Waals surface area contributed by atoms with Crippen molar-refractivity contribution in [2.24, 2.45) is 0 Å². The quantitative estimate of drug-likeness (QED) is 0.910.